The highest BCUT2D eigenvalue weighted by molar-refractivity contribution is 7.45. The Balaban J connectivity index is 4.40. The lowest BCUT2D eigenvalue weighted by Gasteiger charge is -2.30. The number of hydrogen-bond acceptors (Lipinski definition) is 6. The third-order valence-electron chi connectivity index (χ3n) is 10.1. The van der Waals surface area contributed by atoms with Crippen molar-refractivity contribution in [3.63, 3.8) is 0 Å². The third-order valence-corrected chi connectivity index (χ3v) is 11.0. The predicted octanol–water partition coefficient (Wildman–Crippen LogP) is 12.2. The molecule has 0 bridgehead atoms. The number of allylic oxidation sites excluding steroid dienone is 8. The highest BCUT2D eigenvalue weighted by Crippen LogP contribution is 2.38. The molecule has 0 aliphatic carbocycles. The van der Waals surface area contributed by atoms with Crippen molar-refractivity contribution < 1.29 is 32.9 Å². The molecule has 0 saturated heterocycles. The van der Waals surface area contributed by atoms with E-state index in [-0.39, 0.29) is 19.1 Å². The maximum Gasteiger partial charge on any atom is 0.268 e. The van der Waals surface area contributed by atoms with Crippen molar-refractivity contribution in [2.45, 2.75) is 206 Å². The summed E-state index contributed by atoms with van der Waals surface area (Å²) in [6, 6.07) is -0.814. The minimum Gasteiger partial charge on any atom is -0.756 e. The van der Waals surface area contributed by atoms with E-state index in [0.717, 1.165) is 77.0 Å². The summed E-state index contributed by atoms with van der Waals surface area (Å²) in [6.07, 6.45) is 48.2. The zero-order chi connectivity index (χ0) is 41.4. The first-order valence-corrected chi connectivity index (χ1v) is 24.4. The number of amides is 1. The van der Waals surface area contributed by atoms with Gasteiger partial charge in [-0.1, -0.05) is 184 Å². The van der Waals surface area contributed by atoms with Crippen LogP contribution in [0.1, 0.15) is 194 Å². The minimum absolute atomic E-state index is 0.00535. The lowest BCUT2D eigenvalue weighted by atomic mass is 10.0. The van der Waals surface area contributed by atoms with E-state index in [0.29, 0.717) is 23.9 Å². The van der Waals surface area contributed by atoms with Gasteiger partial charge in [-0.25, -0.2) is 0 Å². The van der Waals surface area contributed by atoms with E-state index in [4.69, 9.17) is 9.05 Å². The SMILES string of the molecule is CC/C=C\C/C=C\C/C=C\C/C=C\CCCCCCC(=O)NC(COP(=O)([O-])OCC[N+](C)(C)C)C(O)CCCCCCCCCCCCCCCCCCC. The fraction of sp³-hybridized carbons (Fsp3) is 0.809. The van der Waals surface area contributed by atoms with Crippen LogP contribution in [0.25, 0.3) is 0 Å². The van der Waals surface area contributed by atoms with E-state index in [1.54, 1.807) is 0 Å². The summed E-state index contributed by atoms with van der Waals surface area (Å²) in [5.74, 6) is -0.189. The van der Waals surface area contributed by atoms with Gasteiger partial charge in [0.2, 0.25) is 5.91 Å². The lowest BCUT2D eigenvalue weighted by molar-refractivity contribution is -0.870. The molecule has 3 unspecified atom stereocenters. The van der Waals surface area contributed by atoms with Gasteiger partial charge < -0.3 is 28.8 Å². The predicted molar refractivity (Wildman–Crippen MR) is 238 cm³/mol. The fourth-order valence-corrected chi connectivity index (χ4v) is 7.16. The molecule has 0 heterocycles. The minimum atomic E-state index is -4.57. The maximum atomic E-state index is 12.9. The smallest absolute Gasteiger partial charge is 0.268 e. The topological polar surface area (TPSA) is 108 Å². The van der Waals surface area contributed by atoms with Crippen molar-refractivity contribution in [3.8, 4) is 0 Å². The summed E-state index contributed by atoms with van der Waals surface area (Å²) >= 11 is 0. The number of unbranched alkanes of at least 4 members (excludes halogenated alkanes) is 20. The molecule has 0 aromatic carbocycles. The number of hydrogen-bond donors (Lipinski definition) is 2. The third kappa shape index (κ3) is 40.6. The molecule has 0 aromatic heterocycles. The van der Waals surface area contributed by atoms with Gasteiger partial charge in [-0.2, -0.15) is 0 Å². The fourth-order valence-electron chi connectivity index (χ4n) is 6.44. The van der Waals surface area contributed by atoms with Gasteiger partial charge >= 0.3 is 0 Å². The molecule has 0 radical (unpaired) electrons. The first kappa shape index (κ1) is 54.5. The van der Waals surface area contributed by atoms with Crippen LogP contribution in [-0.2, 0) is 18.4 Å². The number of carbonyl (C=O) groups excluding carboxylic acids is 1. The molecule has 0 spiro atoms. The summed E-state index contributed by atoms with van der Waals surface area (Å²) in [5.41, 5.74) is 0. The largest absolute Gasteiger partial charge is 0.756 e. The molecule has 0 aromatic rings. The van der Waals surface area contributed by atoms with Gasteiger partial charge in [-0.05, 0) is 51.4 Å². The van der Waals surface area contributed by atoms with Crippen molar-refractivity contribution in [1.82, 2.24) is 5.32 Å². The average molecular weight is 809 g/mol. The van der Waals surface area contributed by atoms with Crippen LogP contribution in [0, 0.1) is 0 Å². The number of rotatable bonds is 41. The van der Waals surface area contributed by atoms with E-state index in [1.807, 2.05) is 21.1 Å². The number of carbonyl (C=O) groups is 1. The molecule has 8 nitrogen and oxygen atoms in total. The highest BCUT2D eigenvalue weighted by Gasteiger charge is 2.24. The Labute approximate surface area is 346 Å². The van der Waals surface area contributed by atoms with E-state index in [2.05, 4.69) is 67.8 Å². The summed E-state index contributed by atoms with van der Waals surface area (Å²) in [4.78, 5) is 25.3. The zero-order valence-electron chi connectivity index (χ0n) is 37.1. The standard InChI is InChI=1S/C47H89N2O6P/c1-6-8-10-12-14-16-18-20-22-24-26-28-30-32-34-36-38-40-46(50)45(44-55-56(52,53)54-43-42-49(3,4)5)48-47(51)41-39-37-35-33-31-29-27-25-23-21-19-17-15-13-11-9-7-2/h9,11,15,17,21,23,27,29,45-46,50H,6-8,10,12-14,16,18-20,22,24-26,28,30-44H2,1-5H3,(H-,48,51,52,53)/b11-9-,17-15-,23-21-,29-27-. The van der Waals surface area contributed by atoms with Gasteiger partial charge in [0.05, 0.1) is 39.9 Å². The summed E-state index contributed by atoms with van der Waals surface area (Å²) in [7, 11) is 1.28. The number of aliphatic hydroxyl groups excluding tert-OH is 1. The van der Waals surface area contributed by atoms with Crippen molar-refractivity contribution >= 4 is 13.7 Å². The number of aliphatic hydroxyl groups is 1. The molecular formula is C47H89N2O6P. The number of phosphoric acid groups is 1. The van der Waals surface area contributed by atoms with Crippen LogP contribution >= 0.6 is 7.82 Å². The molecule has 0 aliphatic heterocycles. The van der Waals surface area contributed by atoms with Gasteiger partial charge in [0.15, 0.2) is 0 Å². The quantitative estimate of drug-likeness (QED) is 0.0276. The molecule has 0 saturated carbocycles. The van der Waals surface area contributed by atoms with Crippen LogP contribution in [-0.4, -0.2) is 68.5 Å². The van der Waals surface area contributed by atoms with Gasteiger partial charge in [0.1, 0.15) is 13.2 Å². The molecule has 328 valence electrons. The summed E-state index contributed by atoms with van der Waals surface area (Å²) in [6.45, 7) is 4.58. The number of phosphoric ester groups is 1. The Bertz CT molecular complexity index is 1050. The Morgan fingerprint density at radius 1 is 0.643 bits per heavy atom. The number of nitrogens with zero attached hydrogens (tertiary/aromatic N) is 1. The molecule has 56 heavy (non-hydrogen) atoms. The van der Waals surface area contributed by atoms with Crippen molar-refractivity contribution in [3.05, 3.63) is 48.6 Å². The molecule has 9 heteroatoms. The molecule has 0 rings (SSSR count). The van der Waals surface area contributed by atoms with Crippen LogP contribution in [0.2, 0.25) is 0 Å². The van der Waals surface area contributed by atoms with Gasteiger partial charge in [-0.15, -0.1) is 0 Å². The van der Waals surface area contributed by atoms with E-state index < -0.39 is 20.0 Å². The summed E-state index contributed by atoms with van der Waals surface area (Å²) < 4.78 is 23.3. The van der Waals surface area contributed by atoms with Gasteiger partial charge in [0.25, 0.3) is 7.82 Å². The van der Waals surface area contributed by atoms with Crippen LogP contribution in [0.15, 0.2) is 48.6 Å². The van der Waals surface area contributed by atoms with Crippen LogP contribution in [0.3, 0.4) is 0 Å². The van der Waals surface area contributed by atoms with E-state index in [9.17, 15) is 19.4 Å². The van der Waals surface area contributed by atoms with Crippen molar-refractivity contribution in [2.24, 2.45) is 0 Å². The monoisotopic (exact) mass is 809 g/mol. The van der Waals surface area contributed by atoms with Crippen LogP contribution in [0.5, 0.6) is 0 Å². The Morgan fingerprint density at radius 3 is 1.59 bits per heavy atom. The van der Waals surface area contributed by atoms with Crippen molar-refractivity contribution in [2.75, 3.05) is 40.9 Å². The second-order valence-corrected chi connectivity index (χ2v) is 18.1. The Morgan fingerprint density at radius 2 is 1.09 bits per heavy atom. The molecule has 0 aliphatic rings. The molecule has 2 N–H and O–H groups in total. The van der Waals surface area contributed by atoms with Gasteiger partial charge in [-0.3, -0.25) is 9.36 Å². The maximum absolute atomic E-state index is 12.9. The van der Waals surface area contributed by atoms with Crippen LogP contribution in [0.4, 0.5) is 0 Å². The van der Waals surface area contributed by atoms with E-state index in [1.165, 1.54) is 89.9 Å². The number of nitrogens with one attached hydrogen (secondary N) is 1. The molecule has 1 amide bonds. The first-order chi connectivity index (χ1) is 27.0. The van der Waals surface area contributed by atoms with Crippen molar-refractivity contribution in [1.29, 1.82) is 0 Å². The number of quaternary nitrogens is 1. The Kier molecular flexibility index (Phi) is 37.9. The second-order valence-electron chi connectivity index (χ2n) is 16.7. The highest BCUT2D eigenvalue weighted by atomic mass is 31.2. The van der Waals surface area contributed by atoms with Gasteiger partial charge in [0, 0.05) is 6.42 Å². The summed E-state index contributed by atoms with van der Waals surface area (Å²) in [5, 5.41) is 13.9. The van der Waals surface area contributed by atoms with Crippen LogP contribution < -0.4 is 10.2 Å². The zero-order valence-corrected chi connectivity index (χ0v) is 38.0. The molecule has 0 fully saturated rings. The second kappa shape index (κ2) is 38.9. The molecular weight excluding hydrogens is 719 g/mol. The normalized spacial score (nSPS) is 14.8. The molecule has 3 atom stereocenters. The Hall–Kier alpha value is -1.54. The average Bonchev–Trinajstić information content (AvgIpc) is 3.15. The first-order valence-electron chi connectivity index (χ1n) is 23.0. The number of likely N-dealkylation sites (N-methyl/N-ethyl adjacent to an activating group) is 1. The lowest BCUT2D eigenvalue weighted by Crippen LogP contribution is -2.46. The van der Waals surface area contributed by atoms with E-state index >= 15 is 0 Å².